The number of carbonyl (C=O) groups is 1. The van der Waals surface area contributed by atoms with Crippen LogP contribution >= 0.6 is 0 Å². The Labute approximate surface area is 122 Å². The van der Waals surface area contributed by atoms with Crippen LogP contribution < -0.4 is 5.32 Å². The molecule has 0 aliphatic heterocycles. The average Bonchev–Trinajstić information content (AvgIpc) is 2.42. The molecular formula is C15H26N4O. The van der Waals surface area contributed by atoms with Crippen molar-refractivity contribution < 1.29 is 4.79 Å². The molecule has 0 aliphatic rings. The van der Waals surface area contributed by atoms with E-state index in [-0.39, 0.29) is 5.91 Å². The Hall–Kier alpha value is -1.62. The molecule has 0 aliphatic carbocycles. The molecule has 1 amide bonds. The van der Waals surface area contributed by atoms with Gasteiger partial charge in [-0.05, 0) is 26.1 Å². The minimum atomic E-state index is 0.0398. The van der Waals surface area contributed by atoms with Crippen LogP contribution in [0.3, 0.4) is 0 Å². The third-order valence-corrected chi connectivity index (χ3v) is 3.01. The van der Waals surface area contributed by atoms with Crippen LogP contribution in [0.5, 0.6) is 0 Å². The van der Waals surface area contributed by atoms with E-state index in [1.165, 1.54) is 0 Å². The van der Waals surface area contributed by atoms with E-state index in [0.717, 1.165) is 25.3 Å². The minimum Gasteiger partial charge on any atom is -0.387 e. The SMILES string of the molecule is CNc1ccncc1C(=O)N(CCN(C)C)CC(C)C. The second-order valence-electron chi connectivity index (χ2n) is 5.62. The van der Waals surface area contributed by atoms with Crippen LogP contribution in [0.25, 0.3) is 0 Å². The van der Waals surface area contributed by atoms with Crippen molar-refractivity contribution >= 4 is 11.6 Å². The monoisotopic (exact) mass is 278 g/mol. The van der Waals surface area contributed by atoms with Gasteiger partial charge in [-0.25, -0.2) is 0 Å². The van der Waals surface area contributed by atoms with Crippen molar-refractivity contribution in [3.63, 3.8) is 0 Å². The van der Waals surface area contributed by atoms with E-state index in [9.17, 15) is 4.79 Å². The van der Waals surface area contributed by atoms with Gasteiger partial charge in [0.05, 0.1) is 5.56 Å². The lowest BCUT2D eigenvalue weighted by atomic mass is 10.1. The Kier molecular flexibility index (Phi) is 6.45. The summed E-state index contributed by atoms with van der Waals surface area (Å²) in [6.07, 6.45) is 3.33. The number of hydrogen-bond donors (Lipinski definition) is 1. The average molecular weight is 278 g/mol. The summed E-state index contributed by atoms with van der Waals surface area (Å²) in [7, 11) is 5.85. The van der Waals surface area contributed by atoms with Crippen LogP contribution in [0, 0.1) is 5.92 Å². The highest BCUT2D eigenvalue weighted by molar-refractivity contribution is 5.99. The van der Waals surface area contributed by atoms with Crippen LogP contribution in [-0.4, -0.2) is 61.5 Å². The fourth-order valence-corrected chi connectivity index (χ4v) is 1.99. The number of aromatic nitrogens is 1. The van der Waals surface area contributed by atoms with Gasteiger partial charge < -0.3 is 15.1 Å². The third-order valence-electron chi connectivity index (χ3n) is 3.01. The summed E-state index contributed by atoms with van der Waals surface area (Å²) < 4.78 is 0. The van der Waals surface area contributed by atoms with Gasteiger partial charge >= 0.3 is 0 Å². The summed E-state index contributed by atoms with van der Waals surface area (Å²) in [4.78, 5) is 20.8. The van der Waals surface area contributed by atoms with Gasteiger partial charge in [0.2, 0.25) is 0 Å². The zero-order chi connectivity index (χ0) is 15.1. The topological polar surface area (TPSA) is 48.5 Å². The van der Waals surface area contributed by atoms with E-state index in [1.807, 2.05) is 32.1 Å². The molecule has 0 saturated heterocycles. The summed E-state index contributed by atoms with van der Waals surface area (Å²) in [6.45, 7) is 6.58. The van der Waals surface area contributed by atoms with Gasteiger partial charge in [-0.1, -0.05) is 13.8 Å². The first kappa shape index (κ1) is 16.4. The number of carbonyl (C=O) groups excluding carboxylic acids is 1. The van der Waals surface area contributed by atoms with Crippen LogP contribution in [0.15, 0.2) is 18.5 Å². The summed E-state index contributed by atoms with van der Waals surface area (Å²) in [5.74, 6) is 0.480. The highest BCUT2D eigenvalue weighted by Gasteiger charge is 2.19. The van der Waals surface area contributed by atoms with Gasteiger partial charge in [0, 0.05) is 44.8 Å². The smallest absolute Gasteiger partial charge is 0.257 e. The molecule has 1 N–H and O–H groups in total. The summed E-state index contributed by atoms with van der Waals surface area (Å²) in [5, 5.41) is 3.05. The summed E-state index contributed by atoms with van der Waals surface area (Å²) >= 11 is 0. The largest absolute Gasteiger partial charge is 0.387 e. The zero-order valence-electron chi connectivity index (χ0n) is 13.2. The normalized spacial score (nSPS) is 10.9. The second kappa shape index (κ2) is 7.85. The maximum absolute atomic E-state index is 12.7. The fraction of sp³-hybridized carbons (Fsp3) is 0.600. The molecule has 1 aromatic rings. The fourth-order valence-electron chi connectivity index (χ4n) is 1.99. The maximum atomic E-state index is 12.7. The molecule has 1 rings (SSSR count). The number of hydrogen-bond acceptors (Lipinski definition) is 4. The molecule has 0 bridgehead atoms. The Morgan fingerprint density at radius 2 is 2.05 bits per heavy atom. The standard InChI is InChI=1S/C15H26N4O/c1-12(2)11-19(9-8-18(4)5)15(20)13-10-17-7-6-14(13)16-3/h6-7,10,12H,8-9,11H2,1-5H3,(H,16,17). The molecule has 112 valence electrons. The van der Waals surface area contributed by atoms with Crippen molar-refractivity contribution in [3.05, 3.63) is 24.0 Å². The maximum Gasteiger partial charge on any atom is 0.257 e. The van der Waals surface area contributed by atoms with E-state index in [0.29, 0.717) is 11.5 Å². The number of nitrogens with one attached hydrogen (secondary N) is 1. The number of pyridine rings is 1. The number of anilines is 1. The van der Waals surface area contributed by atoms with E-state index >= 15 is 0 Å². The Morgan fingerprint density at radius 3 is 2.60 bits per heavy atom. The molecule has 0 fully saturated rings. The first-order valence-corrected chi connectivity index (χ1v) is 7.01. The van der Waals surface area contributed by atoms with Gasteiger partial charge in [0.25, 0.3) is 5.91 Å². The lowest BCUT2D eigenvalue weighted by Gasteiger charge is -2.26. The van der Waals surface area contributed by atoms with E-state index in [2.05, 4.69) is 29.0 Å². The number of amides is 1. The van der Waals surface area contributed by atoms with Crippen LogP contribution in [0.4, 0.5) is 5.69 Å². The number of likely N-dealkylation sites (N-methyl/N-ethyl adjacent to an activating group) is 1. The van der Waals surface area contributed by atoms with Crippen molar-refractivity contribution in [1.82, 2.24) is 14.8 Å². The highest BCUT2D eigenvalue weighted by Crippen LogP contribution is 2.16. The minimum absolute atomic E-state index is 0.0398. The Balaban J connectivity index is 2.91. The van der Waals surface area contributed by atoms with Gasteiger partial charge in [0.1, 0.15) is 0 Å². The van der Waals surface area contributed by atoms with Crippen molar-refractivity contribution in [3.8, 4) is 0 Å². The lowest BCUT2D eigenvalue weighted by molar-refractivity contribution is 0.0725. The van der Waals surface area contributed by atoms with E-state index in [4.69, 9.17) is 0 Å². The molecule has 1 heterocycles. The zero-order valence-corrected chi connectivity index (χ0v) is 13.2. The molecule has 5 nitrogen and oxygen atoms in total. The van der Waals surface area contributed by atoms with E-state index < -0.39 is 0 Å². The molecule has 0 saturated carbocycles. The quantitative estimate of drug-likeness (QED) is 0.826. The van der Waals surface area contributed by atoms with Crippen LogP contribution in [0.1, 0.15) is 24.2 Å². The van der Waals surface area contributed by atoms with Gasteiger partial charge in [0.15, 0.2) is 0 Å². The lowest BCUT2D eigenvalue weighted by Crippen LogP contribution is -2.39. The van der Waals surface area contributed by atoms with Crippen molar-refractivity contribution in [2.45, 2.75) is 13.8 Å². The van der Waals surface area contributed by atoms with Gasteiger partial charge in [-0.15, -0.1) is 0 Å². The Bertz CT molecular complexity index is 432. The van der Waals surface area contributed by atoms with Crippen molar-refractivity contribution in [1.29, 1.82) is 0 Å². The van der Waals surface area contributed by atoms with Gasteiger partial charge in [-0.3, -0.25) is 9.78 Å². The molecule has 0 unspecified atom stereocenters. The summed E-state index contributed by atoms with van der Waals surface area (Å²) in [6, 6.07) is 1.83. The van der Waals surface area contributed by atoms with Crippen LogP contribution in [0.2, 0.25) is 0 Å². The molecular weight excluding hydrogens is 252 g/mol. The number of nitrogens with zero attached hydrogens (tertiary/aromatic N) is 3. The third kappa shape index (κ3) is 4.81. The number of rotatable bonds is 7. The first-order chi connectivity index (χ1) is 9.45. The second-order valence-corrected chi connectivity index (χ2v) is 5.62. The van der Waals surface area contributed by atoms with E-state index in [1.54, 1.807) is 12.4 Å². The highest BCUT2D eigenvalue weighted by atomic mass is 16.2. The molecule has 0 radical (unpaired) electrons. The molecule has 0 aromatic carbocycles. The predicted octanol–water partition coefficient (Wildman–Crippen LogP) is 1.78. The molecule has 20 heavy (non-hydrogen) atoms. The van der Waals surface area contributed by atoms with Crippen molar-refractivity contribution in [2.75, 3.05) is 46.1 Å². The molecule has 0 atom stereocenters. The van der Waals surface area contributed by atoms with Crippen molar-refractivity contribution in [2.24, 2.45) is 5.92 Å². The summed E-state index contributed by atoms with van der Waals surface area (Å²) in [5.41, 5.74) is 1.46. The van der Waals surface area contributed by atoms with Gasteiger partial charge in [-0.2, -0.15) is 0 Å². The molecule has 5 heteroatoms. The molecule has 0 spiro atoms. The Morgan fingerprint density at radius 1 is 1.35 bits per heavy atom. The molecule has 1 aromatic heterocycles. The first-order valence-electron chi connectivity index (χ1n) is 7.01. The predicted molar refractivity (Wildman–Crippen MR) is 83.1 cm³/mol. The van der Waals surface area contributed by atoms with Crippen LogP contribution in [-0.2, 0) is 0 Å².